The van der Waals surface area contributed by atoms with E-state index in [2.05, 4.69) is 66.2 Å². The number of esters is 2. The quantitative estimate of drug-likeness (QED) is 0.0254. The largest absolute Gasteiger partial charge is 0.461 e. The Morgan fingerprint density at radius 2 is 0.916 bits per heavy atom. The first-order chi connectivity index (χ1) is 40.0. The number of ether oxygens (including phenoxy) is 4. The van der Waals surface area contributed by atoms with Crippen LogP contribution in [0.3, 0.4) is 0 Å². The highest BCUT2D eigenvalue weighted by atomic mass is 16.6. The van der Waals surface area contributed by atoms with Crippen molar-refractivity contribution in [3.05, 3.63) is 84.0 Å². The van der Waals surface area contributed by atoms with E-state index in [9.17, 15) is 24.0 Å². The van der Waals surface area contributed by atoms with Crippen molar-refractivity contribution in [1.82, 2.24) is 16.0 Å². The predicted molar refractivity (Wildman–Crippen MR) is 340 cm³/mol. The summed E-state index contributed by atoms with van der Waals surface area (Å²) in [5.74, 6) is -1.90. The fourth-order valence-corrected chi connectivity index (χ4v) is 10.8. The standard InChI is InChI=1S/C71H115N3O9/c1-9-11-13-15-17-19-21-23-25-27-29-31-33-35-37-39-47-57(46-38-36-34-32-30-28-26-24-22-20-18-16-14-12-10-2)81-67(77)64(53-54-65(75)82-70(3,4)5)73-66(76)63(52-44-45-55-72-68(78)83-71(6,7)8)74-69(79)80-56-62-60-50-42-40-48-58(60)59-49-41-43-51-61(59)62/h23-26,40-43,48-51,57,62-64H,9-22,27-39,44-47,52-56H2,1-8H3,(H,72,78)(H,73,76)(H,74,79)/b25-23-,26-24-. The Morgan fingerprint density at radius 1 is 0.482 bits per heavy atom. The topological polar surface area (TPSA) is 158 Å². The number of hydrogen-bond donors (Lipinski definition) is 3. The highest BCUT2D eigenvalue weighted by Crippen LogP contribution is 2.44. The number of amides is 3. The molecule has 12 heteroatoms. The van der Waals surface area contributed by atoms with Crippen LogP contribution in [0.5, 0.6) is 0 Å². The van der Waals surface area contributed by atoms with Crippen molar-refractivity contribution >= 4 is 30.0 Å². The van der Waals surface area contributed by atoms with E-state index in [-0.39, 0.29) is 44.4 Å². The summed E-state index contributed by atoms with van der Waals surface area (Å²) >= 11 is 0. The van der Waals surface area contributed by atoms with Gasteiger partial charge >= 0.3 is 24.1 Å². The van der Waals surface area contributed by atoms with Crippen LogP contribution in [0.1, 0.15) is 291 Å². The average Bonchev–Trinajstić information content (AvgIpc) is 2.50. The molecule has 0 aliphatic heterocycles. The molecular formula is C71H115N3O9. The minimum atomic E-state index is -1.19. The lowest BCUT2D eigenvalue weighted by Crippen LogP contribution is -2.52. The smallest absolute Gasteiger partial charge is 0.407 e. The number of unbranched alkanes of at least 4 members (excludes halogenated alkanes) is 24. The number of alkyl carbamates (subject to hydrolysis) is 2. The number of carbonyl (C=O) groups excluding carboxylic acids is 5. The van der Waals surface area contributed by atoms with Gasteiger partial charge in [0.05, 0.1) is 0 Å². The van der Waals surface area contributed by atoms with Crippen molar-refractivity contribution in [3.63, 3.8) is 0 Å². The van der Waals surface area contributed by atoms with Crippen molar-refractivity contribution in [2.45, 2.75) is 309 Å². The summed E-state index contributed by atoms with van der Waals surface area (Å²) in [5.41, 5.74) is 2.90. The van der Waals surface area contributed by atoms with E-state index in [0.29, 0.717) is 25.7 Å². The number of nitrogens with one attached hydrogen (secondary N) is 3. The molecule has 0 heterocycles. The van der Waals surface area contributed by atoms with Crippen molar-refractivity contribution in [2.75, 3.05) is 13.2 Å². The van der Waals surface area contributed by atoms with Gasteiger partial charge in [-0.1, -0.05) is 196 Å². The molecule has 3 N–H and O–H groups in total. The third-order valence-electron chi connectivity index (χ3n) is 15.3. The second-order valence-electron chi connectivity index (χ2n) is 25.3. The van der Waals surface area contributed by atoms with E-state index in [0.717, 1.165) is 80.0 Å². The van der Waals surface area contributed by atoms with Gasteiger partial charge in [-0.25, -0.2) is 14.4 Å². The molecule has 0 radical (unpaired) electrons. The second-order valence-corrected chi connectivity index (χ2v) is 25.3. The predicted octanol–water partition coefficient (Wildman–Crippen LogP) is 18.6. The van der Waals surface area contributed by atoms with Gasteiger partial charge < -0.3 is 34.9 Å². The fourth-order valence-electron chi connectivity index (χ4n) is 10.8. The lowest BCUT2D eigenvalue weighted by molar-refractivity contribution is -0.157. The van der Waals surface area contributed by atoms with Crippen LogP contribution in [0.25, 0.3) is 11.1 Å². The number of rotatable bonds is 46. The van der Waals surface area contributed by atoms with Crippen LogP contribution in [0.2, 0.25) is 0 Å². The SMILES string of the molecule is CCCCCCCC/C=C\CCCCCCCCC(CCCCCCC/C=C\CCCCCCCC)OC(=O)C(CCC(=O)OC(C)(C)C)NC(=O)C(CCCCNC(=O)OC(C)(C)C)NC(=O)OCC1c2ccccc2-c2ccccc21. The van der Waals surface area contributed by atoms with Gasteiger partial charge in [-0.3, -0.25) is 9.59 Å². The normalized spacial score (nSPS) is 13.5. The van der Waals surface area contributed by atoms with Crippen molar-refractivity contribution in [3.8, 4) is 11.1 Å². The second kappa shape index (κ2) is 43.5. The zero-order chi connectivity index (χ0) is 60.4. The van der Waals surface area contributed by atoms with Crippen LogP contribution in [0.15, 0.2) is 72.8 Å². The molecule has 468 valence electrons. The molecule has 0 aromatic heterocycles. The first-order valence-electron chi connectivity index (χ1n) is 33.1. The highest BCUT2D eigenvalue weighted by Gasteiger charge is 2.33. The average molecular weight is 1150 g/mol. The number of hydrogen-bond acceptors (Lipinski definition) is 9. The van der Waals surface area contributed by atoms with Gasteiger partial charge in [-0.15, -0.1) is 0 Å². The summed E-state index contributed by atoms with van der Waals surface area (Å²) in [6.45, 7) is 15.6. The molecule has 0 saturated carbocycles. The van der Waals surface area contributed by atoms with E-state index in [1.54, 1.807) is 41.5 Å². The maximum atomic E-state index is 14.5. The van der Waals surface area contributed by atoms with Crippen LogP contribution in [0.4, 0.5) is 9.59 Å². The van der Waals surface area contributed by atoms with Crippen LogP contribution in [-0.2, 0) is 33.3 Å². The van der Waals surface area contributed by atoms with Crippen LogP contribution >= 0.6 is 0 Å². The molecule has 3 unspecified atom stereocenters. The van der Waals surface area contributed by atoms with Gasteiger partial charge in [0.25, 0.3) is 0 Å². The minimum absolute atomic E-state index is 0.0495. The Kier molecular flexibility index (Phi) is 37.8. The van der Waals surface area contributed by atoms with Crippen LogP contribution in [-0.4, -0.2) is 72.6 Å². The molecule has 3 rings (SSSR count). The van der Waals surface area contributed by atoms with Gasteiger partial charge in [-0.05, 0) is 167 Å². The maximum absolute atomic E-state index is 14.5. The summed E-state index contributed by atoms with van der Waals surface area (Å²) in [4.78, 5) is 68.4. The monoisotopic (exact) mass is 1150 g/mol. The molecule has 1 aliphatic carbocycles. The third-order valence-corrected chi connectivity index (χ3v) is 15.3. The number of allylic oxidation sites excluding steroid dienone is 4. The molecule has 1 aliphatic rings. The molecule has 3 atom stereocenters. The Morgan fingerprint density at radius 3 is 1.39 bits per heavy atom. The van der Waals surface area contributed by atoms with Gasteiger partial charge in [0.15, 0.2) is 0 Å². The van der Waals surface area contributed by atoms with Gasteiger partial charge in [0.2, 0.25) is 5.91 Å². The molecule has 0 saturated heterocycles. The zero-order valence-corrected chi connectivity index (χ0v) is 53.4. The lowest BCUT2D eigenvalue weighted by atomic mass is 9.98. The summed E-state index contributed by atoms with van der Waals surface area (Å²) in [7, 11) is 0. The number of carbonyl (C=O) groups is 5. The molecular weight excluding hydrogens is 1040 g/mol. The van der Waals surface area contributed by atoms with E-state index >= 15 is 0 Å². The lowest BCUT2D eigenvalue weighted by Gasteiger charge is -2.26. The Labute approximate surface area is 504 Å². The van der Waals surface area contributed by atoms with E-state index in [1.807, 2.05) is 36.4 Å². The Bertz CT molecular complexity index is 2110. The molecule has 2 aromatic rings. The van der Waals surface area contributed by atoms with Gasteiger partial charge in [0, 0.05) is 18.9 Å². The minimum Gasteiger partial charge on any atom is -0.461 e. The molecule has 3 amide bonds. The first-order valence-corrected chi connectivity index (χ1v) is 33.1. The molecule has 0 fully saturated rings. The number of fused-ring (bicyclic) bond motifs is 3. The Hall–Kier alpha value is -5.13. The fraction of sp³-hybridized carbons (Fsp3) is 0.704. The highest BCUT2D eigenvalue weighted by molar-refractivity contribution is 5.90. The van der Waals surface area contributed by atoms with E-state index in [4.69, 9.17) is 18.9 Å². The number of benzene rings is 2. The summed E-state index contributed by atoms with van der Waals surface area (Å²) < 4.78 is 23.3. The molecule has 0 bridgehead atoms. The van der Waals surface area contributed by atoms with Gasteiger partial charge in [-0.2, -0.15) is 0 Å². The summed E-state index contributed by atoms with van der Waals surface area (Å²) in [5, 5.41) is 8.48. The van der Waals surface area contributed by atoms with Crippen molar-refractivity contribution in [2.24, 2.45) is 0 Å². The van der Waals surface area contributed by atoms with E-state index in [1.165, 1.54) is 116 Å². The van der Waals surface area contributed by atoms with Crippen molar-refractivity contribution in [1.29, 1.82) is 0 Å². The van der Waals surface area contributed by atoms with Crippen LogP contribution in [0, 0.1) is 0 Å². The summed E-state index contributed by atoms with van der Waals surface area (Å²) in [6, 6.07) is 13.9. The molecule has 0 spiro atoms. The summed E-state index contributed by atoms with van der Waals surface area (Å²) in [6.07, 6.45) is 42.6. The first kappa shape index (κ1) is 72.1. The van der Waals surface area contributed by atoms with E-state index < -0.39 is 53.3 Å². The zero-order valence-electron chi connectivity index (χ0n) is 53.4. The molecule has 2 aromatic carbocycles. The van der Waals surface area contributed by atoms with Gasteiger partial charge in [0.1, 0.15) is 36.0 Å². The van der Waals surface area contributed by atoms with Crippen LogP contribution < -0.4 is 16.0 Å². The van der Waals surface area contributed by atoms with Crippen molar-refractivity contribution < 1.29 is 42.9 Å². The molecule has 12 nitrogen and oxygen atoms in total. The maximum Gasteiger partial charge on any atom is 0.407 e. The molecule has 83 heavy (non-hydrogen) atoms. The third kappa shape index (κ3) is 34.4. The Balaban J connectivity index is 1.70.